The predicted molar refractivity (Wildman–Crippen MR) is 121 cm³/mol. The third-order valence-corrected chi connectivity index (χ3v) is 7.33. The molecule has 32 heavy (non-hydrogen) atoms. The number of aryl methyl sites for hydroxylation is 1. The van der Waals surface area contributed by atoms with Gasteiger partial charge in [0.25, 0.3) is 5.91 Å². The van der Waals surface area contributed by atoms with Gasteiger partial charge in [-0.2, -0.15) is 0 Å². The molecule has 0 saturated carbocycles. The van der Waals surface area contributed by atoms with Crippen molar-refractivity contribution < 1.29 is 17.6 Å². The number of rotatable bonds is 5. The number of fused-ring (bicyclic) bond motifs is 1. The Hall–Kier alpha value is -3.59. The lowest BCUT2D eigenvalue weighted by Crippen LogP contribution is -2.13. The average Bonchev–Trinajstić information content (AvgIpc) is 3.19. The second-order valence-electron chi connectivity index (χ2n) is 7.69. The molecular formula is C23H21FN4O3S. The summed E-state index contributed by atoms with van der Waals surface area (Å²) in [4.78, 5) is 24.9. The van der Waals surface area contributed by atoms with E-state index in [2.05, 4.69) is 20.3 Å². The monoisotopic (exact) mass is 452 g/mol. The lowest BCUT2D eigenvalue weighted by atomic mass is 10.1. The number of amides is 1. The SMILES string of the molecule is Cc1cc(F)ccc1NC(=O)c1c[nH]c2ncc(-c3ccc(S(=O)(=O)C(C)C)cc3)nc12. The Bertz CT molecular complexity index is 1430. The molecule has 2 heterocycles. The number of nitrogens with zero attached hydrogens (tertiary/aromatic N) is 2. The van der Waals surface area contributed by atoms with Crippen LogP contribution in [-0.2, 0) is 9.84 Å². The van der Waals surface area contributed by atoms with E-state index < -0.39 is 21.0 Å². The largest absolute Gasteiger partial charge is 0.344 e. The van der Waals surface area contributed by atoms with Gasteiger partial charge in [0, 0.05) is 17.4 Å². The number of H-pyrrole nitrogens is 1. The molecule has 0 bridgehead atoms. The normalized spacial score (nSPS) is 11.8. The van der Waals surface area contributed by atoms with E-state index in [0.717, 1.165) is 0 Å². The fourth-order valence-electron chi connectivity index (χ4n) is 3.25. The molecule has 2 aromatic heterocycles. The number of hydrogen-bond donors (Lipinski definition) is 2. The summed E-state index contributed by atoms with van der Waals surface area (Å²) in [6.07, 6.45) is 3.07. The van der Waals surface area contributed by atoms with E-state index in [1.165, 1.54) is 24.4 Å². The van der Waals surface area contributed by atoms with E-state index in [4.69, 9.17) is 0 Å². The van der Waals surface area contributed by atoms with Gasteiger partial charge >= 0.3 is 0 Å². The predicted octanol–water partition coefficient (Wildman–Crippen LogP) is 4.51. The van der Waals surface area contributed by atoms with E-state index in [1.54, 1.807) is 51.2 Å². The van der Waals surface area contributed by atoms with Crippen LogP contribution < -0.4 is 5.32 Å². The highest BCUT2D eigenvalue weighted by Crippen LogP contribution is 2.25. The molecule has 4 rings (SSSR count). The molecule has 0 radical (unpaired) electrons. The summed E-state index contributed by atoms with van der Waals surface area (Å²) in [6.45, 7) is 4.97. The van der Waals surface area contributed by atoms with E-state index >= 15 is 0 Å². The van der Waals surface area contributed by atoms with Gasteiger partial charge in [0.1, 0.15) is 11.3 Å². The Morgan fingerprint density at radius 1 is 1.12 bits per heavy atom. The first-order valence-electron chi connectivity index (χ1n) is 9.93. The van der Waals surface area contributed by atoms with Crippen molar-refractivity contribution in [3.8, 4) is 11.3 Å². The first-order valence-corrected chi connectivity index (χ1v) is 11.5. The third-order valence-electron chi connectivity index (χ3n) is 5.16. The van der Waals surface area contributed by atoms with Crippen LogP contribution in [0, 0.1) is 12.7 Å². The quantitative estimate of drug-likeness (QED) is 0.464. The van der Waals surface area contributed by atoms with Gasteiger partial charge in [-0.15, -0.1) is 0 Å². The maximum atomic E-state index is 13.3. The molecule has 0 spiro atoms. The van der Waals surface area contributed by atoms with Crippen LogP contribution in [0.15, 0.2) is 59.8 Å². The van der Waals surface area contributed by atoms with Crippen molar-refractivity contribution in [1.29, 1.82) is 0 Å². The minimum atomic E-state index is -3.37. The number of halogens is 1. The average molecular weight is 453 g/mol. The van der Waals surface area contributed by atoms with E-state index in [9.17, 15) is 17.6 Å². The molecule has 0 atom stereocenters. The highest BCUT2D eigenvalue weighted by molar-refractivity contribution is 7.92. The van der Waals surface area contributed by atoms with Crippen LogP contribution in [0.2, 0.25) is 0 Å². The maximum absolute atomic E-state index is 13.3. The molecule has 9 heteroatoms. The van der Waals surface area contributed by atoms with Crippen molar-refractivity contribution in [2.45, 2.75) is 30.9 Å². The standard InChI is InChI=1S/C23H21FN4O3S/c1-13(2)32(30,31)17-7-4-15(5-8-17)20-12-26-22-21(27-20)18(11-25-22)23(29)28-19-9-6-16(24)10-14(19)3/h4-13H,1-3H3,(H,25,26)(H,28,29). The minimum absolute atomic E-state index is 0.238. The van der Waals surface area contributed by atoms with E-state index in [0.29, 0.717) is 33.7 Å². The van der Waals surface area contributed by atoms with Crippen LogP contribution in [0.25, 0.3) is 22.4 Å². The van der Waals surface area contributed by atoms with E-state index in [-0.39, 0.29) is 16.3 Å². The molecule has 0 fully saturated rings. The second-order valence-corrected chi connectivity index (χ2v) is 10.2. The summed E-state index contributed by atoms with van der Waals surface area (Å²) in [5.41, 5.74) is 3.37. The molecule has 0 aliphatic carbocycles. The van der Waals surface area contributed by atoms with E-state index in [1.807, 2.05) is 0 Å². The van der Waals surface area contributed by atoms with Crippen molar-refractivity contribution >= 4 is 32.6 Å². The molecule has 2 aromatic carbocycles. The number of nitrogens with one attached hydrogen (secondary N) is 2. The third kappa shape index (κ3) is 3.99. The first-order chi connectivity index (χ1) is 15.2. The van der Waals surface area contributed by atoms with Gasteiger partial charge in [0.2, 0.25) is 0 Å². The number of benzene rings is 2. The fraction of sp³-hybridized carbons (Fsp3) is 0.174. The van der Waals surface area contributed by atoms with Crippen molar-refractivity contribution in [2.75, 3.05) is 5.32 Å². The first kappa shape index (κ1) is 21.6. The van der Waals surface area contributed by atoms with Gasteiger partial charge in [0.15, 0.2) is 15.5 Å². The number of hydrogen-bond acceptors (Lipinski definition) is 5. The van der Waals surface area contributed by atoms with Crippen LogP contribution in [0.4, 0.5) is 10.1 Å². The second kappa shape index (κ2) is 8.16. The van der Waals surface area contributed by atoms with Crippen molar-refractivity contribution in [1.82, 2.24) is 15.0 Å². The van der Waals surface area contributed by atoms with Crippen LogP contribution in [0.1, 0.15) is 29.8 Å². The molecule has 0 saturated heterocycles. The Kier molecular flexibility index (Phi) is 5.52. The molecule has 0 aliphatic rings. The highest BCUT2D eigenvalue weighted by Gasteiger charge is 2.20. The lowest BCUT2D eigenvalue weighted by Gasteiger charge is -2.09. The lowest BCUT2D eigenvalue weighted by molar-refractivity contribution is 0.102. The smallest absolute Gasteiger partial charge is 0.259 e. The number of carbonyl (C=O) groups excluding carboxylic acids is 1. The van der Waals surface area contributed by atoms with Gasteiger partial charge in [-0.1, -0.05) is 12.1 Å². The summed E-state index contributed by atoms with van der Waals surface area (Å²) < 4.78 is 38.0. The Morgan fingerprint density at radius 3 is 2.50 bits per heavy atom. The van der Waals surface area contributed by atoms with Crippen molar-refractivity contribution in [2.24, 2.45) is 0 Å². The van der Waals surface area contributed by atoms with Crippen molar-refractivity contribution in [3.63, 3.8) is 0 Å². The molecular weight excluding hydrogens is 431 g/mol. The number of anilines is 1. The summed E-state index contributed by atoms with van der Waals surface area (Å²) in [6, 6.07) is 10.5. The van der Waals surface area contributed by atoms with Gasteiger partial charge < -0.3 is 10.3 Å². The number of aromatic amines is 1. The van der Waals surface area contributed by atoms with Gasteiger partial charge in [-0.05, 0) is 56.7 Å². The molecule has 164 valence electrons. The van der Waals surface area contributed by atoms with Gasteiger partial charge in [-0.25, -0.2) is 22.8 Å². The molecule has 0 unspecified atom stereocenters. The number of carbonyl (C=O) groups is 1. The zero-order valence-corrected chi connectivity index (χ0v) is 18.5. The van der Waals surface area contributed by atoms with Gasteiger partial charge in [-0.3, -0.25) is 4.79 Å². The molecule has 0 aliphatic heterocycles. The van der Waals surface area contributed by atoms with Crippen LogP contribution in [0.3, 0.4) is 0 Å². The fourth-order valence-corrected chi connectivity index (χ4v) is 4.31. The Balaban J connectivity index is 1.66. The highest BCUT2D eigenvalue weighted by atomic mass is 32.2. The molecule has 7 nitrogen and oxygen atoms in total. The number of aromatic nitrogens is 3. The summed E-state index contributed by atoms with van der Waals surface area (Å²) in [5.74, 6) is -0.786. The number of sulfone groups is 1. The van der Waals surface area contributed by atoms with Crippen molar-refractivity contribution in [3.05, 3.63) is 71.8 Å². The van der Waals surface area contributed by atoms with Crippen LogP contribution in [-0.4, -0.2) is 34.5 Å². The van der Waals surface area contributed by atoms with Crippen LogP contribution >= 0.6 is 0 Å². The van der Waals surface area contributed by atoms with Gasteiger partial charge in [0.05, 0.1) is 27.6 Å². The summed E-state index contributed by atoms with van der Waals surface area (Å²) in [5, 5.41) is 2.25. The van der Waals surface area contributed by atoms with Crippen LogP contribution in [0.5, 0.6) is 0 Å². The molecule has 2 N–H and O–H groups in total. The maximum Gasteiger partial charge on any atom is 0.259 e. The summed E-state index contributed by atoms with van der Waals surface area (Å²) >= 11 is 0. The Morgan fingerprint density at radius 2 is 1.84 bits per heavy atom. The molecule has 4 aromatic rings. The Labute approximate surface area is 184 Å². The molecule has 1 amide bonds. The topological polar surface area (TPSA) is 105 Å². The zero-order valence-electron chi connectivity index (χ0n) is 17.7. The minimum Gasteiger partial charge on any atom is -0.344 e. The zero-order chi connectivity index (χ0) is 23.0. The summed E-state index contributed by atoms with van der Waals surface area (Å²) in [7, 11) is -3.37.